The molecule has 6 nitrogen and oxygen atoms in total. The van der Waals surface area contributed by atoms with Gasteiger partial charge >= 0.3 is 0 Å². The molecule has 66 heavy (non-hydrogen) atoms. The van der Waals surface area contributed by atoms with E-state index in [1.54, 1.807) is 0 Å². The van der Waals surface area contributed by atoms with Crippen LogP contribution in [0.25, 0.3) is 87.7 Å². The maximum atomic E-state index is 6.66. The fraction of sp³-hybridized carbons (Fsp3) is 0.0333. The summed E-state index contributed by atoms with van der Waals surface area (Å²) in [5.41, 5.74) is 12.0. The number of anilines is 6. The van der Waals surface area contributed by atoms with Crippen molar-refractivity contribution in [2.45, 2.75) is 13.8 Å². The van der Waals surface area contributed by atoms with Crippen LogP contribution in [-0.4, -0.2) is 0 Å². The molecule has 0 amide bonds. The zero-order chi connectivity index (χ0) is 43.9. The Labute approximate surface area is 379 Å². The molecule has 0 aliphatic heterocycles. The van der Waals surface area contributed by atoms with Gasteiger partial charge in [0.15, 0.2) is 0 Å². The minimum atomic E-state index is 0.649. The topological polar surface area (TPSA) is 59.0 Å². The van der Waals surface area contributed by atoms with Crippen LogP contribution >= 0.6 is 0 Å². The fourth-order valence-electron chi connectivity index (χ4n) is 9.57. The van der Waals surface area contributed by atoms with E-state index in [0.29, 0.717) is 23.5 Å². The highest BCUT2D eigenvalue weighted by molar-refractivity contribution is 6.23. The summed E-state index contributed by atoms with van der Waals surface area (Å²) in [5.74, 6) is 2.59. The minimum Gasteiger partial charge on any atom is -0.440 e. The molecule has 314 valence electrons. The van der Waals surface area contributed by atoms with E-state index in [-0.39, 0.29) is 0 Å². The van der Waals surface area contributed by atoms with Crippen molar-refractivity contribution in [3.8, 4) is 22.3 Å². The highest BCUT2D eigenvalue weighted by Crippen LogP contribution is 2.50. The lowest BCUT2D eigenvalue weighted by Crippen LogP contribution is -2.09. The summed E-state index contributed by atoms with van der Waals surface area (Å²) in [6, 6.07) is 72.0. The van der Waals surface area contributed by atoms with Crippen LogP contribution in [0.3, 0.4) is 0 Å². The van der Waals surface area contributed by atoms with Crippen LogP contribution in [-0.2, 0) is 0 Å². The molecule has 4 aromatic heterocycles. The second kappa shape index (κ2) is 14.9. The van der Waals surface area contributed by atoms with Crippen LogP contribution in [0.5, 0.6) is 0 Å². The van der Waals surface area contributed by atoms with Crippen molar-refractivity contribution in [1.29, 1.82) is 0 Å². The maximum absolute atomic E-state index is 6.66. The molecule has 0 saturated heterocycles. The van der Waals surface area contributed by atoms with Gasteiger partial charge in [-0.1, -0.05) is 145 Å². The van der Waals surface area contributed by atoms with E-state index in [9.17, 15) is 0 Å². The van der Waals surface area contributed by atoms with E-state index in [1.807, 2.05) is 72.8 Å². The molecule has 0 unspecified atom stereocenters. The van der Waals surface area contributed by atoms with Gasteiger partial charge in [0, 0.05) is 45.8 Å². The van der Waals surface area contributed by atoms with Crippen LogP contribution in [0.1, 0.15) is 11.1 Å². The van der Waals surface area contributed by atoms with Gasteiger partial charge in [-0.15, -0.1) is 0 Å². The standard InChI is InChI=1S/C60H40N2O4/c1-37-19-23-39(24-20-37)59-47-29-27-45(61(55-31-41-11-3-7-15-51(41)63-55)56-32-42-12-4-8-16-52(42)64-56)35-49(47)50-36-46(28-30-48(50)60(59)40-25-21-38(2)22-26-40)62(57-33-43-13-5-9-17-53(43)65-57)58-34-44-14-6-10-18-54(44)66-58/h3-36H,1-2H3. The molecule has 6 heteroatoms. The molecule has 9 aromatic carbocycles. The Hall–Kier alpha value is -8.74. The molecule has 4 heterocycles. The molecule has 0 aliphatic carbocycles. The quantitative estimate of drug-likeness (QED) is 0.142. The molecule has 0 saturated carbocycles. The summed E-state index contributed by atoms with van der Waals surface area (Å²) in [7, 11) is 0. The van der Waals surface area contributed by atoms with Crippen molar-refractivity contribution in [2.75, 3.05) is 9.80 Å². The Bertz CT molecular complexity index is 3440. The van der Waals surface area contributed by atoms with Gasteiger partial charge in [0.05, 0.1) is 11.4 Å². The molecule has 0 N–H and O–H groups in total. The second-order valence-electron chi connectivity index (χ2n) is 17.1. The third-order valence-electron chi connectivity index (χ3n) is 12.8. The molecule has 13 rings (SSSR count). The third-order valence-corrected chi connectivity index (χ3v) is 12.8. The first-order chi connectivity index (χ1) is 32.5. The largest absolute Gasteiger partial charge is 0.440 e. The van der Waals surface area contributed by atoms with E-state index in [0.717, 1.165) is 99.1 Å². The van der Waals surface area contributed by atoms with Gasteiger partial charge in [-0.2, -0.15) is 0 Å². The predicted molar refractivity (Wildman–Crippen MR) is 270 cm³/mol. The number of furan rings is 4. The van der Waals surface area contributed by atoms with E-state index in [2.05, 4.69) is 157 Å². The number of hydrogen-bond donors (Lipinski definition) is 0. The normalized spacial score (nSPS) is 11.8. The summed E-state index contributed by atoms with van der Waals surface area (Å²) >= 11 is 0. The van der Waals surface area contributed by atoms with Gasteiger partial charge in [0.2, 0.25) is 23.5 Å². The van der Waals surface area contributed by atoms with Crippen molar-refractivity contribution in [3.05, 3.63) is 217 Å². The number of fused-ring (bicyclic) bond motifs is 7. The minimum absolute atomic E-state index is 0.649. The number of hydrogen-bond acceptors (Lipinski definition) is 6. The lowest BCUT2D eigenvalue weighted by atomic mass is 9.84. The highest BCUT2D eigenvalue weighted by Gasteiger charge is 2.26. The first-order valence-electron chi connectivity index (χ1n) is 22.2. The summed E-state index contributed by atoms with van der Waals surface area (Å²) in [6.45, 7) is 4.27. The first-order valence-corrected chi connectivity index (χ1v) is 22.2. The van der Waals surface area contributed by atoms with Gasteiger partial charge in [-0.3, -0.25) is 9.80 Å². The Morgan fingerprint density at radius 3 is 0.894 bits per heavy atom. The molecule has 0 radical (unpaired) electrons. The lowest BCUT2D eigenvalue weighted by Gasteiger charge is -2.24. The van der Waals surface area contributed by atoms with Crippen LogP contribution in [0.15, 0.2) is 224 Å². The van der Waals surface area contributed by atoms with E-state index < -0.39 is 0 Å². The molecule has 0 aliphatic rings. The highest BCUT2D eigenvalue weighted by atomic mass is 16.4. The van der Waals surface area contributed by atoms with Crippen molar-refractivity contribution in [1.82, 2.24) is 0 Å². The Morgan fingerprint density at radius 1 is 0.288 bits per heavy atom. The van der Waals surface area contributed by atoms with Gasteiger partial charge in [0.25, 0.3) is 0 Å². The van der Waals surface area contributed by atoms with Crippen LogP contribution in [0, 0.1) is 13.8 Å². The third kappa shape index (κ3) is 6.26. The van der Waals surface area contributed by atoms with Crippen LogP contribution in [0.2, 0.25) is 0 Å². The summed E-state index contributed by atoms with van der Waals surface area (Å²) in [4.78, 5) is 4.17. The Balaban J connectivity index is 1.13. The van der Waals surface area contributed by atoms with Crippen molar-refractivity contribution in [3.63, 3.8) is 0 Å². The number of aryl methyl sites for hydroxylation is 2. The molecular weight excluding hydrogens is 813 g/mol. The van der Waals surface area contributed by atoms with E-state index in [1.165, 1.54) is 11.1 Å². The van der Waals surface area contributed by atoms with Crippen LogP contribution in [0.4, 0.5) is 34.9 Å². The van der Waals surface area contributed by atoms with E-state index >= 15 is 0 Å². The van der Waals surface area contributed by atoms with Gasteiger partial charge in [0.1, 0.15) is 22.3 Å². The van der Waals surface area contributed by atoms with E-state index in [4.69, 9.17) is 17.7 Å². The first kappa shape index (κ1) is 37.8. The van der Waals surface area contributed by atoms with Crippen molar-refractivity contribution in [2.24, 2.45) is 0 Å². The molecule has 0 bridgehead atoms. The van der Waals surface area contributed by atoms with Crippen LogP contribution < -0.4 is 9.80 Å². The SMILES string of the molecule is Cc1ccc(-c2c(-c3ccc(C)cc3)c3ccc(N(c4cc5ccccc5o4)c4cc5ccccc5o4)cc3c3cc(N(c4cc5ccccc5o4)c4cc5ccccc5o4)ccc23)cc1. The summed E-state index contributed by atoms with van der Waals surface area (Å²) < 4.78 is 26.6. The molecule has 13 aromatic rings. The predicted octanol–water partition coefficient (Wildman–Crippen LogP) is 17.9. The fourth-order valence-corrected chi connectivity index (χ4v) is 9.57. The average Bonchev–Trinajstić information content (AvgIpc) is 4.17. The molecule has 0 atom stereocenters. The molecular formula is C60H40N2O4. The zero-order valence-electron chi connectivity index (χ0n) is 36.2. The Morgan fingerprint density at radius 2 is 0.591 bits per heavy atom. The monoisotopic (exact) mass is 852 g/mol. The Kier molecular flexibility index (Phi) is 8.55. The molecule has 0 spiro atoms. The van der Waals surface area contributed by atoms with Gasteiger partial charge in [-0.05, 0) is 106 Å². The van der Waals surface area contributed by atoms with Gasteiger partial charge in [-0.25, -0.2) is 0 Å². The maximum Gasteiger partial charge on any atom is 0.208 e. The molecule has 0 fully saturated rings. The van der Waals surface area contributed by atoms with Crippen molar-refractivity contribution < 1.29 is 17.7 Å². The average molecular weight is 853 g/mol. The smallest absolute Gasteiger partial charge is 0.208 e. The lowest BCUT2D eigenvalue weighted by molar-refractivity contribution is 0.582. The summed E-state index contributed by atoms with van der Waals surface area (Å²) in [5, 5.41) is 8.35. The zero-order valence-corrected chi connectivity index (χ0v) is 36.2. The number of para-hydroxylation sites is 4. The number of nitrogens with zero attached hydrogens (tertiary/aromatic N) is 2. The number of benzene rings is 9. The summed E-state index contributed by atoms with van der Waals surface area (Å²) in [6.07, 6.45) is 0. The van der Waals surface area contributed by atoms with Crippen molar-refractivity contribution >= 4 is 100 Å². The second-order valence-corrected chi connectivity index (χ2v) is 17.1. The van der Waals surface area contributed by atoms with Gasteiger partial charge < -0.3 is 17.7 Å². The number of rotatable bonds is 8.